The topological polar surface area (TPSA) is 77.3 Å². The Hall–Kier alpha value is -3.29. The molecule has 0 aromatic heterocycles. The van der Waals surface area contributed by atoms with Crippen LogP contribution in [0.4, 0.5) is 21.5 Å². The molecule has 1 aliphatic rings. The molecule has 0 saturated carbocycles. The molecular weight excluding hydrogens is 431 g/mol. The number of aliphatic hydroxyl groups is 1. The van der Waals surface area contributed by atoms with Crippen LogP contribution in [-0.4, -0.2) is 30.1 Å². The van der Waals surface area contributed by atoms with Crippen molar-refractivity contribution >= 4 is 34.4 Å². The largest absolute Gasteiger partial charge is 0.396 e. The van der Waals surface area contributed by atoms with Crippen molar-refractivity contribution in [1.82, 2.24) is 0 Å². The maximum absolute atomic E-state index is 13.3. The molecule has 0 fully saturated rings. The van der Waals surface area contributed by atoms with Crippen molar-refractivity contribution in [3.05, 3.63) is 88.2 Å². The van der Waals surface area contributed by atoms with Crippen LogP contribution in [0.5, 0.6) is 0 Å². The summed E-state index contributed by atoms with van der Waals surface area (Å²) < 4.78 is 13.1. The summed E-state index contributed by atoms with van der Waals surface area (Å²) in [5, 5.41) is 22.6. The van der Waals surface area contributed by atoms with E-state index in [0.717, 1.165) is 11.3 Å². The smallest absolute Gasteiger partial charge is 0.194 e. The van der Waals surface area contributed by atoms with Crippen molar-refractivity contribution < 1.29 is 14.3 Å². The van der Waals surface area contributed by atoms with Gasteiger partial charge in [0.25, 0.3) is 0 Å². The lowest BCUT2D eigenvalue weighted by Gasteiger charge is -2.16. The fourth-order valence-electron chi connectivity index (χ4n) is 3.50. The molecule has 0 aliphatic carbocycles. The van der Waals surface area contributed by atoms with Gasteiger partial charge in [-0.2, -0.15) is 5.11 Å². The summed E-state index contributed by atoms with van der Waals surface area (Å²) in [6.45, 7) is 2.48. The molecule has 3 aromatic rings. The summed E-state index contributed by atoms with van der Waals surface area (Å²) in [7, 11) is 0. The Bertz CT molecular complexity index is 1170. The number of ketones is 1. The zero-order valence-corrected chi connectivity index (χ0v) is 18.2. The summed E-state index contributed by atoms with van der Waals surface area (Å²) in [6, 6.07) is 16.6. The third-order valence-corrected chi connectivity index (χ3v) is 5.59. The number of hydrogen-bond donors (Lipinski definition) is 2. The summed E-state index contributed by atoms with van der Waals surface area (Å²) in [5.74, 6) is -0.503. The SMILES string of the molecule is Cc1ccc(N2CC(CCO)N=N2)cc1C(=O)c1ccc(Nc2ccc(F)cc2)cc1Cl. The number of benzene rings is 3. The highest BCUT2D eigenvalue weighted by atomic mass is 35.5. The minimum Gasteiger partial charge on any atom is -0.396 e. The van der Waals surface area contributed by atoms with Crippen molar-refractivity contribution in [3.63, 3.8) is 0 Å². The highest BCUT2D eigenvalue weighted by Crippen LogP contribution is 2.29. The van der Waals surface area contributed by atoms with Crippen molar-refractivity contribution in [1.29, 1.82) is 0 Å². The van der Waals surface area contributed by atoms with Gasteiger partial charge in [0.2, 0.25) is 0 Å². The molecule has 0 radical (unpaired) electrons. The second-order valence-corrected chi connectivity index (χ2v) is 8.02. The molecule has 2 N–H and O–H groups in total. The number of halogens is 2. The molecule has 8 heteroatoms. The van der Waals surface area contributed by atoms with Crippen LogP contribution in [0.25, 0.3) is 0 Å². The van der Waals surface area contributed by atoms with E-state index in [2.05, 4.69) is 15.7 Å². The minimum atomic E-state index is -0.313. The fraction of sp³-hybridized carbons (Fsp3) is 0.208. The molecule has 0 saturated heterocycles. The Kier molecular flexibility index (Phi) is 6.48. The van der Waals surface area contributed by atoms with E-state index in [1.165, 1.54) is 12.1 Å². The van der Waals surface area contributed by atoms with E-state index < -0.39 is 0 Å². The molecule has 1 atom stereocenters. The van der Waals surface area contributed by atoms with Crippen LogP contribution >= 0.6 is 11.6 Å². The molecular formula is C24H22ClFN4O2. The van der Waals surface area contributed by atoms with Gasteiger partial charge in [-0.15, -0.1) is 0 Å². The normalized spacial score (nSPS) is 15.2. The first-order valence-electron chi connectivity index (χ1n) is 10.2. The Morgan fingerprint density at radius 1 is 1.12 bits per heavy atom. The quantitative estimate of drug-likeness (QED) is 0.451. The third-order valence-electron chi connectivity index (χ3n) is 5.28. The summed E-state index contributed by atoms with van der Waals surface area (Å²) >= 11 is 6.45. The zero-order valence-electron chi connectivity index (χ0n) is 17.4. The number of carbonyl (C=O) groups excluding carboxylic acids is 1. The number of anilines is 3. The van der Waals surface area contributed by atoms with E-state index in [-0.39, 0.29) is 24.2 Å². The van der Waals surface area contributed by atoms with E-state index in [1.807, 2.05) is 19.1 Å². The second-order valence-electron chi connectivity index (χ2n) is 7.61. The molecule has 0 spiro atoms. The average molecular weight is 453 g/mol. The highest BCUT2D eigenvalue weighted by molar-refractivity contribution is 6.35. The standard InChI is InChI=1S/C24H22ClFN4O2/c1-15-2-8-20(30-14-19(10-11-31)28-29-30)13-22(15)24(32)21-9-7-18(12-23(21)25)27-17-5-3-16(26)4-6-17/h2-9,12-13,19,27,31H,10-11,14H2,1H3. The number of hydrogen-bond acceptors (Lipinski definition) is 6. The van der Waals surface area contributed by atoms with Crippen LogP contribution in [0, 0.1) is 12.7 Å². The maximum Gasteiger partial charge on any atom is 0.194 e. The van der Waals surface area contributed by atoms with Crippen LogP contribution in [0.3, 0.4) is 0 Å². The van der Waals surface area contributed by atoms with Crippen molar-refractivity contribution in [2.75, 3.05) is 23.5 Å². The first kappa shape index (κ1) is 21.9. The number of nitrogens with zero attached hydrogens (tertiary/aromatic N) is 3. The second kappa shape index (κ2) is 9.46. The molecule has 4 rings (SSSR count). The molecule has 1 heterocycles. The molecule has 1 unspecified atom stereocenters. The van der Waals surface area contributed by atoms with Gasteiger partial charge in [-0.05, 0) is 73.5 Å². The molecule has 6 nitrogen and oxygen atoms in total. The Balaban J connectivity index is 1.55. The first-order valence-corrected chi connectivity index (χ1v) is 10.6. The summed E-state index contributed by atoms with van der Waals surface area (Å²) in [5.41, 5.74) is 3.91. The van der Waals surface area contributed by atoms with Gasteiger partial charge >= 0.3 is 0 Å². The van der Waals surface area contributed by atoms with E-state index in [1.54, 1.807) is 41.4 Å². The third kappa shape index (κ3) is 4.79. The van der Waals surface area contributed by atoms with Crippen LogP contribution in [-0.2, 0) is 0 Å². The van der Waals surface area contributed by atoms with Gasteiger partial charge in [-0.3, -0.25) is 4.79 Å². The van der Waals surface area contributed by atoms with Crippen LogP contribution in [0.2, 0.25) is 5.02 Å². The average Bonchev–Trinajstić information content (AvgIpc) is 3.24. The van der Waals surface area contributed by atoms with Gasteiger partial charge in [0, 0.05) is 29.1 Å². The number of aliphatic hydroxyl groups excluding tert-OH is 1. The van der Waals surface area contributed by atoms with Gasteiger partial charge in [-0.1, -0.05) is 22.9 Å². The van der Waals surface area contributed by atoms with E-state index in [0.29, 0.717) is 40.5 Å². The van der Waals surface area contributed by atoms with Crippen LogP contribution < -0.4 is 10.3 Å². The van der Waals surface area contributed by atoms with Gasteiger partial charge in [0.05, 0.1) is 23.3 Å². The lowest BCUT2D eigenvalue weighted by Crippen LogP contribution is -2.21. The lowest BCUT2D eigenvalue weighted by atomic mass is 9.98. The summed E-state index contributed by atoms with van der Waals surface area (Å²) in [6.07, 6.45) is 0.547. The lowest BCUT2D eigenvalue weighted by molar-refractivity contribution is 0.103. The van der Waals surface area contributed by atoms with E-state index >= 15 is 0 Å². The molecule has 1 aliphatic heterocycles. The van der Waals surface area contributed by atoms with Gasteiger partial charge < -0.3 is 10.4 Å². The Morgan fingerprint density at radius 2 is 1.88 bits per heavy atom. The van der Waals surface area contributed by atoms with Crippen molar-refractivity contribution in [2.24, 2.45) is 10.3 Å². The zero-order chi connectivity index (χ0) is 22.7. The van der Waals surface area contributed by atoms with Crippen molar-refractivity contribution in [3.8, 4) is 0 Å². The summed E-state index contributed by atoms with van der Waals surface area (Å²) in [4.78, 5) is 13.3. The fourth-order valence-corrected chi connectivity index (χ4v) is 3.77. The number of aryl methyl sites for hydroxylation is 1. The van der Waals surface area contributed by atoms with Crippen LogP contribution in [0.15, 0.2) is 71.0 Å². The Morgan fingerprint density at radius 3 is 2.59 bits per heavy atom. The van der Waals surface area contributed by atoms with E-state index in [9.17, 15) is 9.18 Å². The minimum absolute atomic E-state index is 0.0552. The maximum atomic E-state index is 13.3. The number of rotatable bonds is 7. The highest BCUT2D eigenvalue weighted by Gasteiger charge is 2.22. The molecule has 0 amide bonds. The molecule has 0 bridgehead atoms. The van der Waals surface area contributed by atoms with Crippen LogP contribution in [0.1, 0.15) is 27.9 Å². The first-order chi connectivity index (χ1) is 15.4. The number of nitrogens with one attached hydrogen (secondary N) is 1. The van der Waals surface area contributed by atoms with Crippen molar-refractivity contribution in [2.45, 2.75) is 19.4 Å². The van der Waals surface area contributed by atoms with E-state index in [4.69, 9.17) is 16.7 Å². The molecule has 3 aromatic carbocycles. The molecule has 164 valence electrons. The molecule has 32 heavy (non-hydrogen) atoms. The monoisotopic (exact) mass is 452 g/mol. The predicted molar refractivity (Wildman–Crippen MR) is 123 cm³/mol. The van der Waals surface area contributed by atoms with Gasteiger partial charge in [-0.25, -0.2) is 9.40 Å². The van der Waals surface area contributed by atoms with Gasteiger partial charge in [0.15, 0.2) is 5.78 Å². The predicted octanol–water partition coefficient (Wildman–Crippen LogP) is 5.70. The Labute approximate surface area is 190 Å². The van der Waals surface area contributed by atoms with Gasteiger partial charge in [0.1, 0.15) is 5.82 Å². The number of carbonyl (C=O) groups is 1.